The SMILES string of the molecule is C=Cc1cccc(CN2C[C@H](c3cccc(O)c3)[C@H]3[C@@H]2C2CCN3CC2)c1. The van der Waals surface area contributed by atoms with E-state index in [1.165, 1.54) is 42.6 Å². The van der Waals surface area contributed by atoms with Gasteiger partial charge in [-0.05, 0) is 60.7 Å². The van der Waals surface area contributed by atoms with Crippen molar-refractivity contribution >= 4 is 6.08 Å². The zero-order chi connectivity index (χ0) is 18.4. The van der Waals surface area contributed by atoms with Crippen LogP contribution < -0.4 is 0 Å². The Morgan fingerprint density at radius 2 is 1.85 bits per heavy atom. The van der Waals surface area contributed by atoms with Crippen molar-refractivity contribution in [1.82, 2.24) is 9.80 Å². The monoisotopic (exact) mass is 360 g/mol. The Hall–Kier alpha value is -2.10. The lowest BCUT2D eigenvalue weighted by Gasteiger charge is -2.51. The average Bonchev–Trinajstić information content (AvgIpc) is 3.11. The molecule has 140 valence electrons. The number of rotatable bonds is 4. The molecule has 4 aliphatic rings. The summed E-state index contributed by atoms with van der Waals surface area (Å²) < 4.78 is 0. The molecule has 0 amide bonds. The van der Waals surface area contributed by atoms with Gasteiger partial charge in [0.2, 0.25) is 0 Å². The molecule has 6 rings (SSSR count). The summed E-state index contributed by atoms with van der Waals surface area (Å²) in [4.78, 5) is 5.44. The third kappa shape index (κ3) is 2.99. The molecule has 0 unspecified atom stereocenters. The lowest BCUT2D eigenvalue weighted by Crippen LogP contribution is -2.59. The van der Waals surface area contributed by atoms with E-state index >= 15 is 0 Å². The van der Waals surface area contributed by atoms with Crippen LogP contribution in [0.3, 0.4) is 0 Å². The highest BCUT2D eigenvalue weighted by Gasteiger charge is 2.53. The van der Waals surface area contributed by atoms with E-state index in [1.807, 2.05) is 18.2 Å². The molecule has 0 aliphatic carbocycles. The topological polar surface area (TPSA) is 26.7 Å². The first-order valence-corrected chi connectivity index (χ1v) is 10.2. The predicted octanol–water partition coefficient (Wildman–Crippen LogP) is 4.10. The maximum Gasteiger partial charge on any atom is 0.115 e. The van der Waals surface area contributed by atoms with Crippen LogP contribution in [0, 0.1) is 5.92 Å². The van der Waals surface area contributed by atoms with Gasteiger partial charge >= 0.3 is 0 Å². The third-order valence-corrected chi connectivity index (χ3v) is 6.96. The number of benzene rings is 2. The van der Waals surface area contributed by atoms with Crippen molar-refractivity contribution in [3.05, 3.63) is 71.8 Å². The van der Waals surface area contributed by atoms with E-state index in [9.17, 15) is 5.11 Å². The predicted molar refractivity (Wildman–Crippen MR) is 110 cm³/mol. The van der Waals surface area contributed by atoms with Gasteiger partial charge in [0.25, 0.3) is 0 Å². The first-order chi connectivity index (χ1) is 13.2. The van der Waals surface area contributed by atoms with Crippen molar-refractivity contribution in [3.63, 3.8) is 0 Å². The highest BCUT2D eigenvalue weighted by Crippen LogP contribution is 2.47. The number of phenolic OH excluding ortho intramolecular Hbond substituents is 1. The van der Waals surface area contributed by atoms with Crippen LogP contribution in [0.25, 0.3) is 6.08 Å². The Balaban J connectivity index is 1.47. The van der Waals surface area contributed by atoms with Crippen LogP contribution in [-0.2, 0) is 6.54 Å². The van der Waals surface area contributed by atoms with Gasteiger partial charge in [-0.3, -0.25) is 9.80 Å². The minimum Gasteiger partial charge on any atom is -0.508 e. The van der Waals surface area contributed by atoms with Gasteiger partial charge in [-0.1, -0.05) is 49.1 Å². The van der Waals surface area contributed by atoms with Crippen molar-refractivity contribution in [2.45, 2.75) is 37.4 Å². The molecular weight excluding hydrogens is 332 g/mol. The van der Waals surface area contributed by atoms with Gasteiger partial charge in [0.05, 0.1) is 0 Å². The Bertz CT molecular complexity index is 840. The van der Waals surface area contributed by atoms with Gasteiger partial charge in [-0.15, -0.1) is 0 Å². The Morgan fingerprint density at radius 1 is 1.04 bits per heavy atom. The second kappa shape index (κ2) is 6.81. The Kier molecular flexibility index (Phi) is 4.30. The second-order valence-electron chi connectivity index (χ2n) is 8.43. The molecule has 4 fully saturated rings. The van der Waals surface area contributed by atoms with Crippen LogP contribution in [0.1, 0.15) is 35.4 Å². The number of hydrogen-bond donors (Lipinski definition) is 1. The first kappa shape index (κ1) is 17.0. The van der Waals surface area contributed by atoms with Gasteiger partial charge in [0, 0.05) is 31.1 Å². The molecule has 3 atom stereocenters. The van der Waals surface area contributed by atoms with Gasteiger partial charge < -0.3 is 5.11 Å². The summed E-state index contributed by atoms with van der Waals surface area (Å²) >= 11 is 0. The molecule has 27 heavy (non-hydrogen) atoms. The molecule has 0 aromatic heterocycles. The largest absolute Gasteiger partial charge is 0.508 e. The van der Waals surface area contributed by atoms with Crippen LogP contribution in [0.5, 0.6) is 5.75 Å². The van der Waals surface area contributed by atoms with Gasteiger partial charge in [-0.25, -0.2) is 0 Å². The minimum absolute atomic E-state index is 0.386. The lowest BCUT2D eigenvalue weighted by atomic mass is 9.75. The highest BCUT2D eigenvalue weighted by molar-refractivity contribution is 5.48. The smallest absolute Gasteiger partial charge is 0.115 e. The molecule has 0 spiro atoms. The van der Waals surface area contributed by atoms with Crippen molar-refractivity contribution in [2.75, 3.05) is 19.6 Å². The molecule has 2 aromatic carbocycles. The van der Waals surface area contributed by atoms with E-state index in [0.29, 0.717) is 23.8 Å². The fourth-order valence-corrected chi connectivity index (χ4v) is 5.82. The van der Waals surface area contributed by atoms with E-state index in [-0.39, 0.29) is 0 Å². The number of likely N-dealkylation sites (tertiary alicyclic amines) is 1. The van der Waals surface area contributed by atoms with Crippen LogP contribution in [0.4, 0.5) is 0 Å². The summed E-state index contributed by atoms with van der Waals surface area (Å²) in [7, 11) is 0. The number of hydrogen-bond acceptors (Lipinski definition) is 3. The zero-order valence-corrected chi connectivity index (χ0v) is 15.8. The maximum atomic E-state index is 10.0. The van der Waals surface area contributed by atoms with Gasteiger partial charge in [0.15, 0.2) is 0 Å². The molecule has 4 aliphatic heterocycles. The first-order valence-electron chi connectivity index (χ1n) is 10.2. The summed E-state index contributed by atoms with van der Waals surface area (Å²) in [5.41, 5.74) is 3.86. The molecule has 4 saturated heterocycles. The molecule has 3 nitrogen and oxygen atoms in total. The molecular formula is C24H28N2O. The van der Waals surface area contributed by atoms with Crippen LogP contribution in [0.15, 0.2) is 55.1 Å². The fraction of sp³-hybridized carbons (Fsp3) is 0.417. The minimum atomic E-state index is 0.386. The van der Waals surface area contributed by atoms with Crippen molar-refractivity contribution < 1.29 is 5.11 Å². The Labute approximate surface area is 161 Å². The number of aromatic hydroxyl groups is 1. The van der Waals surface area contributed by atoms with E-state index in [4.69, 9.17) is 0 Å². The standard InChI is InChI=1S/C24H28N2O/c1-2-17-5-3-6-18(13-17)15-26-16-22(20-7-4-8-21(27)14-20)24-23(26)19-9-11-25(24)12-10-19/h2-8,13-14,19,22-24,27H,1,9-12,15-16H2/t22-,23+,24+/m1/s1. The number of nitrogens with zero attached hydrogens (tertiary/aromatic N) is 2. The lowest BCUT2D eigenvalue weighted by molar-refractivity contribution is -0.00869. The molecule has 2 aromatic rings. The van der Waals surface area contributed by atoms with Crippen molar-refractivity contribution in [1.29, 1.82) is 0 Å². The van der Waals surface area contributed by atoms with E-state index < -0.39 is 0 Å². The Morgan fingerprint density at radius 3 is 2.63 bits per heavy atom. The summed E-state index contributed by atoms with van der Waals surface area (Å²) in [6.45, 7) is 8.47. The summed E-state index contributed by atoms with van der Waals surface area (Å²) in [6.07, 6.45) is 4.59. The zero-order valence-electron chi connectivity index (χ0n) is 15.8. The summed E-state index contributed by atoms with van der Waals surface area (Å²) in [5.74, 6) is 1.68. The van der Waals surface area contributed by atoms with Crippen LogP contribution in [-0.4, -0.2) is 46.6 Å². The van der Waals surface area contributed by atoms with Crippen molar-refractivity contribution in [2.24, 2.45) is 5.92 Å². The van der Waals surface area contributed by atoms with E-state index in [1.54, 1.807) is 6.07 Å². The van der Waals surface area contributed by atoms with Crippen LogP contribution >= 0.6 is 0 Å². The number of phenols is 1. The van der Waals surface area contributed by atoms with Crippen molar-refractivity contribution in [3.8, 4) is 5.75 Å². The molecule has 3 heteroatoms. The average molecular weight is 361 g/mol. The fourth-order valence-electron chi connectivity index (χ4n) is 5.82. The second-order valence-corrected chi connectivity index (χ2v) is 8.43. The molecule has 0 radical (unpaired) electrons. The van der Waals surface area contributed by atoms with E-state index in [0.717, 1.165) is 19.0 Å². The molecule has 4 heterocycles. The van der Waals surface area contributed by atoms with Gasteiger partial charge in [0.1, 0.15) is 5.75 Å². The van der Waals surface area contributed by atoms with E-state index in [2.05, 4.69) is 46.7 Å². The third-order valence-electron chi connectivity index (χ3n) is 6.96. The molecule has 2 bridgehead atoms. The number of fused-ring (bicyclic) bond motifs is 2. The normalized spacial score (nSPS) is 32.4. The highest BCUT2D eigenvalue weighted by atomic mass is 16.3. The summed E-state index contributed by atoms with van der Waals surface area (Å²) in [6, 6.07) is 17.9. The van der Waals surface area contributed by atoms with Gasteiger partial charge in [-0.2, -0.15) is 0 Å². The van der Waals surface area contributed by atoms with Crippen LogP contribution in [0.2, 0.25) is 0 Å². The number of piperidine rings is 3. The maximum absolute atomic E-state index is 10.0. The summed E-state index contributed by atoms with van der Waals surface area (Å²) in [5, 5.41) is 10.0. The molecule has 0 saturated carbocycles. The quantitative estimate of drug-likeness (QED) is 0.889. The molecule has 1 N–H and O–H groups in total.